The van der Waals surface area contributed by atoms with E-state index in [0.717, 1.165) is 13.8 Å². The van der Waals surface area contributed by atoms with Crippen molar-refractivity contribution in [1.82, 2.24) is 10.6 Å². The van der Waals surface area contributed by atoms with Gasteiger partial charge in [0.25, 0.3) is 0 Å². The highest BCUT2D eigenvalue weighted by molar-refractivity contribution is 5.73. The number of aliphatic hydroxyl groups is 21. The lowest BCUT2D eigenvalue weighted by atomic mass is 9.93. The van der Waals surface area contributed by atoms with Crippen LogP contribution in [0.15, 0.2) is 0 Å². The van der Waals surface area contributed by atoms with E-state index in [1.165, 1.54) is 0 Å². The molecule has 0 radical (unpaired) electrons. The molecule has 38 heteroatoms. The number of hydrogen-bond acceptors (Lipinski definition) is 36. The maximum absolute atomic E-state index is 12.8. The summed E-state index contributed by atoms with van der Waals surface area (Å²) in [4.78, 5) is 24.8. The number of rotatable bonds is 21. The maximum atomic E-state index is 12.8. The third-order valence-electron chi connectivity index (χ3n) is 15.3. The molecule has 23 N–H and O–H groups in total. The molecule has 0 aromatic heterocycles. The molecule has 0 spiro atoms. The van der Waals surface area contributed by atoms with Crippen molar-refractivity contribution >= 4 is 11.8 Å². The SMILES string of the molecule is CC(=O)N[C@@H]1[C@@H](O)[C@H](O[C@@H]2O[C@H](CO)[C@@H](O[C@@H]3O[C@H](CO[C@H]4O[C@H](CO)[C@@H](O)[C@H](O)[C@@H]4O)[C@@H](O[C@@H]4O[C@H](CO)[C@H](O)[C@H](O)[C@H]4O)[C@H](O[C@H]4O[C@H](CO)[C@@H](O[C@H]5O[C@H](CO)[C@H](O)[C@H](O)[C@H]5O)[C@H](O)[C@@H]4O)[C@@H]3O)[C@H](O)[C@H]2NC(C)=O)[C@@H](CO)O[C@H]1O. The van der Waals surface area contributed by atoms with Crippen molar-refractivity contribution in [3.05, 3.63) is 0 Å². The average Bonchev–Trinajstić information content (AvgIpc) is 3.49. The number of carbonyl (C=O) groups excluding carboxylic acids is 2. The number of amides is 2. The minimum absolute atomic E-state index is 0.749. The van der Waals surface area contributed by atoms with Gasteiger partial charge in [0.1, 0.15) is 171 Å². The molecule has 7 aliphatic rings. The van der Waals surface area contributed by atoms with E-state index in [1.807, 2.05) is 0 Å². The first-order valence-corrected chi connectivity index (χ1v) is 26.6. The minimum atomic E-state index is -2.48. The molecule has 35 atom stereocenters. The summed E-state index contributed by atoms with van der Waals surface area (Å²) in [6.45, 7) is -5.16. The molecule has 0 aromatic rings. The summed E-state index contributed by atoms with van der Waals surface area (Å²) in [5.41, 5.74) is 0. The molecule has 7 saturated heterocycles. The van der Waals surface area contributed by atoms with Gasteiger partial charge in [-0.3, -0.25) is 9.59 Å². The van der Waals surface area contributed by atoms with Crippen LogP contribution in [0.3, 0.4) is 0 Å². The third kappa shape index (κ3) is 14.7. The van der Waals surface area contributed by atoms with E-state index < -0.39 is 273 Å². The van der Waals surface area contributed by atoms with Gasteiger partial charge >= 0.3 is 0 Å². The third-order valence-corrected chi connectivity index (χ3v) is 15.3. The Bertz CT molecular complexity index is 2060. The van der Waals surface area contributed by atoms with Crippen LogP contribution in [0.4, 0.5) is 0 Å². The van der Waals surface area contributed by atoms with Crippen molar-refractivity contribution in [3.8, 4) is 0 Å². The van der Waals surface area contributed by atoms with Crippen LogP contribution in [0.5, 0.6) is 0 Å². The predicted octanol–water partition coefficient (Wildman–Crippen LogP) is -16.0. The Hall–Kier alpha value is -2.42. The summed E-state index contributed by atoms with van der Waals surface area (Å²) in [7, 11) is 0. The van der Waals surface area contributed by atoms with Gasteiger partial charge in [-0.25, -0.2) is 0 Å². The van der Waals surface area contributed by atoms with Crippen LogP contribution in [0.1, 0.15) is 13.8 Å². The van der Waals surface area contributed by atoms with Crippen molar-refractivity contribution < 1.29 is 178 Å². The van der Waals surface area contributed by atoms with Crippen LogP contribution in [0, 0.1) is 0 Å². The fourth-order valence-electron chi connectivity index (χ4n) is 10.7. The molecule has 2 amide bonds. The second-order valence-electron chi connectivity index (χ2n) is 21.1. The van der Waals surface area contributed by atoms with Crippen molar-refractivity contribution in [2.24, 2.45) is 0 Å². The van der Waals surface area contributed by atoms with E-state index in [-0.39, 0.29) is 0 Å². The number of ether oxygens (including phenoxy) is 13. The van der Waals surface area contributed by atoms with E-state index in [4.69, 9.17) is 61.6 Å². The lowest BCUT2D eigenvalue weighted by Crippen LogP contribution is -2.71. The van der Waals surface area contributed by atoms with E-state index in [1.54, 1.807) is 0 Å². The first-order valence-electron chi connectivity index (χ1n) is 26.6. The lowest BCUT2D eigenvalue weighted by Gasteiger charge is -2.51. The molecule has 38 nitrogen and oxygen atoms in total. The summed E-state index contributed by atoms with van der Waals surface area (Å²) in [5.74, 6) is -1.64. The van der Waals surface area contributed by atoms with Gasteiger partial charge in [-0.15, -0.1) is 0 Å². The molecule has 84 heavy (non-hydrogen) atoms. The molecule has 7 rings (SSSR count). The molecule has 0 unspecified atom stereocenters. The van der Waals surface area contributed by atoms with E-state index in [9.17, 15) is 117 Å². The van der Waals surface area contributed by atoms with Crippen molar-refractivity contribution in [3.63, 3.8) is 0 Å². The van der Waals surface area contributed by atoms with Gasteiger partial charge in [0.2, 0.25) is 11.8 Å². The van der Waals surface area contributed by atoms with Crippen molar-refractivity contribution in [2.45, 2.75) is 229 Å². The number of aliphatic hydroxyl groups excluding tert-OH is 21. The quantitative estimate of drug-likeness (QED) is 0.0507. The van der Waals surface area contributed by atoms with Crippen LogP contribution in [-0.2, 0) is 71.2 Å². The number of hydrogen-bond donors (Lipinski definition) is 23. The first kappa shape index (κ1) is 69.1. The summed E-state index contributed by atoms with van der Waals surface area (Å²) in [5, 5.41) is 232. The highest BCUT2D eigenvalue weighted by atomic mass is 16.8. The Labute approximate surface area is 475 Å². The summed E-state index contributed by atoms with van der Waals surface area (Å²) in [6.07, 6.45) is -66.7. The molecule has 0 aliphatic carbocycles. The van der Waals surface area contributed by atoms with Gasteiger partial charge in [-0.05, 0) is 0 Å². The summed E-state index contributed by atoms with van der Waals surface area (Å²) < 4.78 is 75.6. The Morgan fingerprint density at radius 3 is 1.07 bits per heavy atom. The zero-order valence-electron chi connectivity index (χ0n) is 44.7. The Morgan fingerprint density at radius 1 is 0.310 bits per heavy atom. The Morgan fingerprint density at radius 2 is 0.619 bits per heavy atom. The first-order chi connectivity index (χ1) is 39.7. The summed E-state index contributed by atoms with van der Waals surface area (Å²) in [6, 6.07) is -3.43. The minimum Gasteiger partial charge on any atom is -0.394 e. The standard InChI is InChI=1S/C46H78N2O36/c1-10(55)47-19-24(60)35(15(6-52)73-40(19)71)80-41-20(48-11(2)56)25(61)36(16(7-53)77-41)81-46-34(70)39(84-45-33(69)29(65)37(17(8-54)78-45)82-43-31(67)27(63)22(58)13(4-50)75-43)38(83-44-32(68)28(64)23(59)14(5-51)76-44)18(79-46)9-72-42-30(66)26(62)21(57)12(3-49)74-42/h12-46,49-54,57-71H,3-9H2,1-2H3,(H,47,55)(H,48,56)/t12-,13-,14-,15-,16-,17-,18-,19-,20-,21-,22+,23+,24-,25-,26+,27+,28+,29-,30+,31-,32-,33+,34+,35-,36-,37-,38-,39-,40-,41+,42+,43-,44+,45-,46+/m1/s1. The number of nitrogens with one attached hydrogen (secondary N) is 2. The van der Waals surface area contributed by atoms with Gasteiger partial charge in [0.15, 0.2) is 44.0 Å². The second kappa shape index (κ2) is 29.9. The van der Waals surface area contributed by atoms with Gasteiger partial charge < -0.3 is 179 Å². The summed E-state index contributed by atoms with van der Waals surface area (Å²) >= 11 is 0. The second-order valence-corrected chi connectivity index (χ2v) is 21.1. The largest absolute Gasteiger partial charge is 0.394 e. The van der Waals surface area contributed by atoms with Gasteiger partial charge in [-0.1, -0.05) is 0 Å². The molecule has 7 aliphatic heterocycles. The average molecular weight is 1240 g/mol. The maximum Gasteiger partial charge on any atom is 0.217 e. The zero-order valence-corrected chi connectivity index (χ0v) is 44.7. The predicted molar refractivity (Wildman–Crippen MR) is 255 cm³/mol. The molecule has 7 fully saturated rings. The number of carbonyl (C=O) groups is 2. The fraction of sp³-hybridized carbons (Fsp3) is 0.957. The van der Waals surface area contributed by atoms with Crippen LogP contribution >= 0.6 is 0 Å². The monoisotopic (exact) mass is 1230 g/mol. The highest BCUT2D eigenvalue weighted by Gasteiger charge is 2.59. The van der Waals surface area contributed by atoms with E-state index >= 15 is 0 Å². The molecule has 7 heterocycles. The van der Waals surface area contributed by atoms with Crippen molar-refractivity contribution in [1.29, 1.82) is 0 Å². The Balaban J connectivity index is 1.25. The van der Waals surface area contributed by atoms with Crippen LogP contribution in [0.2, 0.25) is 0 Å². The Kier molecular flexibility index (Phi) is 24.6. The van der Waals surface area contributed by atoms with Gasteiger partial charge in [0, 0.05) is 13.8 Å². The topological polar surface area (TPSA) is 603 Å². The van der Waals surface area contributed by atoms with Crippen LogP contribution < -0.4 is 10.6 Å². The van der Waals surface area contributed by atoms with Crippen LogP contribution in [0.25, 0.3) is 0 Å². The molecule has 0 aromatic carbocycles. The smallest absolute Gasteiger partial charge is 0.217 e. The van der Waals surface area contributed by atoms with Crippen LogP contribution in [-0.4, -0.2) is 380 Å². The van der Waals surface area contributed by atoms with E-state index in [0.29, 0.717) is 0 Å². The van der Waals surface area contributed by atoms with Crippen molar-refractivity contribution in [2.75, 3.05) is 46.2 Å². The van der Waals surface area contributed by atoms with Gasteiger partial charge in [0.05, 0.1) is 46.2 Å². The molecular formula is C46H78N2O36. The molecular weight excluding hydrogens is 1160 g/mol. The molecule has 488 valence electrons. The lowest BCUT2D eigenvalue weighted by molar-refractivity contribution is -0.406. The zero-order chi connectivity index (χ0) is 61.9. The molecule has 0 saturated carbocycles. The molecule has 0 bridgehead atoms. The van der Waals surface area contributed by atoms with Gasteiger partial charge in [-0.2, -0.15) is 0 Å². The normalized spacial score (nSPS) is 50.3. The highest BCUT2D eigenvalue weighted by Crippen LogP contribution is 2.39. The fourth-order valence-corrected chi connectivity index (χ4v) is 10.7. The van der Waals surface area contributed by atoms with E-state index in [2.05, 4.69) is 10.6 Å².